The van der Waals surface area contributed by atoms with Gasteiger partial charge in [-0.1, -0.05) is 6.07 Å². The zero-order chi connectivity index (χ0) is 13.5. The summed E-state index contributed by atoms with van der Waals surface area (Å²) in [7, 11) is -3.36. The van der Waals surface area contributed by atoms with Crippen molar-refractivity contribution in [1.82, 2.24) is 0 Å². The summed E-state index contributed by atoms with van der Waals surface area (Å²) in [4.78, 5) is 11.2. The zero-order valence-electron chi connectivity index (χ0n) is 10.4. The van der Waals surface area contributed by atoms with Gasteiger partial charge in [-0.2, -0.15) is 0 Å². The second-order valence-electron chi connectivity index (χ2n) is 4.96. The van der Waals surface area contributed by atoms with Crippen molar-refractivity contribution in [3.63, 3.8) is 0 Å². The lowest BCUT2D eigenvalue weighted by Gasteiger charge is -2.10. The third kappa shape index (κ3) is 2.56. The van der Waals surface area contributed by atoms with Gasteiger partial charge in [0.1, 0.15) is 0 Å². The highest BCUT2D eigenvalue weighted by atomic mass is 32.2. The Labute approximate surface area is 107 Å². The van der Waals surface area contributed by atoms with Gasteiger partial charge in [-0.15, -0.1) is 0 Å². The summed E-state index contributed by atoms with van der Waals surface area (Å²) in [6.07, 6.45) is 1.91. The first-order valence-electron chi connectivity index (χ1n) is 5.88. The molecule has 1 fully saturated rings. The van der Waals surface area contributed by atoms with Gasteiger partial charge in [0.25, 0.3) is 0 Å². The van der Waals surface area contributed by atoms with Gasteiger partial charge in [-0.3, -0.25) is 0 Å². The van der Waals surface area contributed by atoms with Crippen LogP contribution in [0.4, 0.5) is 0 Å². The molecule has 0 saturated heterocycles. The average Bonchev–Trinajstić information content (AvgIpc) is 2.99. The van der Waals surface area contributed by atoms with Crippen LogP contribution in [-0.2, 0) is 9.84 Å². The van der Waals surface area contributed by atoms with Crippen molar-refractivity contribution in [2.24, 2.45) is 5.92 Å². The molecule has 1 aliphatic rings. The van der Waals surface area contributed by atoms with E-state index in [1.54, 1.807) is 19.9 Å². The summed E-state index contributed by atoms with van der Waals surface area (Å²) in [6.45, 7) is 3.38. The maximum Gasteiger partial charge on any atom is 0.335 e. The first-order valence-corrected chi connectivity index (χ1v) is 7.54. The minimum atomic E-state index is -3.36. The molecule has 4 nitrogen and oxygen atoms in total. The van der Waals surface area contributed by atoms with Crippen LogP contribution in [0.3, 0.4) is 0 Å². The van der Waals surface area contributed by atoms with Crippen LogP contribution in [0.15, 0.2) is 17.0 Å². The summed E-state index contributed by atoms with van der Waals surface area (Å²) in [6, 6.07) is 2.92. The largest absolute Gasteiger partial charge is 0.478 e. The molecular weight excluding hydrogens is 252 g/mol. The molecule has 0 aromatic heterocycles. The molecule has 1 saturated carbocycles. The van der Waals surface area contributed by atoms with Crippen LogP contribution in [0.25, 0.3) is 0 Å². The summed E-state index contributed by atoms with van der Waals surface area (Å²) < 4.78 is 24.4. The van der Waals surface area contributed by atoms with Gasteiger partial charge in [0.05, 0.1) is 16.2 Å². The molecule has 0 bridgehead atoms. The van der Waals surface area contributed by atoms with Crippen LogP contribution in [0.5, 0.6) is 0 Å². The van der Waals surface area contributed by atoms with E-state index >= 15 is 0 Å². The molecule has 2 rings (SSSR count). The Kier molecular flexibility index (Phi) is 3.19. The normalized spacial score (nSPS) is 15.7. The number of rotatable bonds is 4. The van der Waals surface area contributed by atoms with Crippen LogP contribution in [0, 0.1) is 19.8 Å². The Balaban J connectivity index is 2.49. The first kappa shape index (κ1) is 13.1. The van der Waals surface area contributed by atoms with Crippen molar-refractivity contribution in [2.75, 3.05) is 5.75 Å². The Morgan fingerprint density at radius 2 is 1.89 bits per heavy atom. The predicted molar refractivity (Wildman–Crippen MR) is 67.7 cm³/mol. The van der Waals surface area contributed by atoms with E-state index in [9.17, 15) is 13.2 Å². The first-order chi connectivity index (χ1) is 8.31. The smallest absolute Gasteiger partial charge is 0.335 e. The standard InChI is InChI=1S/C13H16O4S/c1-8-5-9(2)12(6-11(8)13(14)15)18(16,17)7-10-3-4-10/h5-6,10H,3-4,7H2,1-2H3,(H,14,15). The topological polar surface area (TPSA) is 71.4 Å². The Morgan fingerprint density at radius 1 is 1.28 bits per heavy atom. The van der Waals surface area contributed by atoms with E-state index in [1.807, 2.05) is 0 Å². The fourth-order valence-electron chi connectivity index (χ4n) is 2.08. The molecule has 1 aliphatic carbocycles. The van der Waals surface area contributed by atoms with Crippen LogP contribution >= 0.6 is 0 Å². The third-order valence-electron chi connectivity index (χ3n) is 3.24. The van der Waals surface area contributed by atoms with Gasteiger partial charge in [-0.05, 0) is 49.8 Å². The molecule has 1 N–H and O–H groups in total. The SMILES string of the molecule is Cc1cc(C)c(S(=O)(=O)CC2CC2)cc1C(=O)O. The van der Waals surface area contributed by atoms with Gasteiger partial charge in [0.15, 0.2) is 9.84 Å². The van der Waals surface area contributed by atoms with Crippen LogP contribution in [0.1, 0.15) is 34.3 Å². The fourth-order valence-corrected chi connectivity index (χ4v) is 4.06. The molecule has 0 radical (unpaired) electrons. The second kappa shape index (κ2) is 4.39. The summed E-state index contributed by atoms with van der Waals surface area (Å²) in [5.41, 5.74) is 1.28. The Bertz CT molecular complexity index is 598. The van der Waals surface area contributed by atoms with Gasteiger partial charge < -0.3 is 5.11 Å². The number of sulfone groups is 1. The Hall–Kier alpha value is -1.36. The molecule has 0 heterocycles. The van der Waals surface area contributed by atoms with E-state index in [4.69, 9.17) is 5.11 Å². The summed E-state index contributed by atoms with van der Waals surface area (Å²) in [5.74, 6) is -0.699. The van der Waals surface area contributed by atoms with Crippen molar-refractivity contribution >= 4 is 15.8 Å². The molecule has 0 amide bonds. The predicted octanol–water partition coefficient (Wildman–Crippen LogP) is 2.19. The summed E-state index contributed by atoms with van der Waals surface area (Å²) >= 11 is 0. The molecule has 0 unspecified atom stereocenters. The van der Waals surface area contributed by atoms with E-state index in [2.05, 4.69) is 0 Å². The van der Waals surface area contributed by atoms with Crippen molar-refractivity contribution < 1.29 is 18.3 Å². The number of benzene rings is 1. The third-order valence-corrected chi connectivity index (χ3v) is 5.26. The van der Waals surface area contributed by atoms with Crippen molar-refractivity contribution in [1.29, 1.82) is 0 Å². The highest BCUT2D eigenvalue weighted by Crippen LogP contribution is 2.33. The lowest BCUT2D eigenvalue weighted by molar-refractivity contribution is 0.0696. The molecule has 98 valence electrons. The van der Waals surface area contributed by atoms with E-state index in [0.29, 0.717) is 11.1 Å². The molecule has 1 aromatic carbocycles. The highest BCUT2D eigenvalue weighted by Gasteiger charge is 2.30. The monoisotopic (exact) mass is 268 g/mol. The van der Waals surface area contributed by atoms with Gasteiger partial charge in [-0.25, -0.2) is 13.2 Å². The number of carboxylic acids is 1. The molecule has 0 aliphatic heterocycles. The minimum absolute atomic E-state index is 0.0648. The van der Waals surface area contributed by atoms with Gasteiger partial charge in [0, 0.05) is 0 Å². The highest BCUT2D eigenvalue weighted by molar-refractivity contribution is 7.91. The quantitative estimate of drug-likeness (QED) is 0.908. The molecule has 5 heteroatoms. The molecule has 0 spiro atoms. The van der Waals surface area contributed by atoms with Crippen LogP contribution in [-0.4, -0.2) is 25.2 Å². The van der Waals surface area contributed by atoms with Gasteiger partial charge in [0.2, 0.25) is 0 Å². The lowest BCUT2D eigenvalue weighted by atomic mass is 10.1. The van der Waals surface area contributed by atoms with Crippen LogP contribution in [0.2, 0.25) is 0 Å². The molecule has 1 aromatic rings. The van der Waals surface area contributed by atoms with E-state index in [1.165, 1.54) is 6.07 Å². The van der Waals surface area contributed by atoms with Crippen molar-refractivity contribution in [3.8, 4) is 0 Å². The van der Waals surface area contributed by atoms with Gasteiger partial charge >= 0.3 is 5.97 Å². The number of aryl methyl sites for hydroxylation is 2. The number of hydrogen-bond donors (Lipinski definition) is 1. The maximum atomic E-state index is 12.2. The average molecular weight is 268 g/mol. The maximum absolute atomic E-state index is 12.2. The molecule has 0 atom stereocenters. The molecule has 18 heavy (non-hydrogen) atoms. The summed E-state index contributed by atoms with van der Waals surface area (Å²) in [5, 5.41) is 9.05. The zero-order valence-corrected chi connectivity index (χ0v) is 11.3. The lowest BCUT2D eigenvalue weighted by Crippen LogP contribution is -2.12. The number of carbonyl (C=O) groups is 1. The number of aromatic carboxylic acids is 1. The van der Waals surface area contributed by atoms with E-state index in [0.717, 1.165) is 12.8 Å². The second-order valence-corrected chi connectivity index (χ2v) is 6.97. The van der Waals surface area contributed by atoms with Crippen molar-refractivity contribution in [2.45, 2.75) is 31.6 Å². The molecular formula is C13H16O4S. The van der Waals surface area contributed by atoms with E-state index in [-0.39, 0.29) is 22.1 Å². The van der Waals surface area contributed by atoms with Crippen LogP contribution < -0.4 is 0 Å². The van der Waals surface area contributed by atoms with Crippen molar-refractivity contribution in [3.05, 3.63) is 28.8 Å². The Morgan fingerprint density at radius 3 is 2.39 bits per heavy atom. The minimum Gasteiger partial charge on any atom is -0.478 e. The number of hydrogen-bond acceptors (Lipinski definition) is 3. The number of carboxylic acid groups (broad SMARTS) is 1. The fraction of sp³-hybridized carbons (Fsp3) is 0.462. The van der Waals surface area contributed by atoms with E-state index < -0.39 is 15.8 Å².